The number of carbonyl (C=O) groups is 1. The predicted molar refractivity (Wildman–Crippen MR) is 90.3 cm³/mol. The highest BCUT2D eigenvalue weighted by atomic mass is 19.1. The number of fused-ring (bicyclic) bond motifs is 3. The van der Waals surface area contributed by atoms with Crippen LogP contribution in [0.2, 0.25) is 0 Å². The molecular formula is C19H14FN3O. The van der Waals surface area contributed by atoms with E-state index in [1.165, 1.54) is 18.2 Å². The Hall–Kier alpha value is -3.21. The Balaban J connectivity index is 1.66. The molecule has 24 heavy (non-hydrogen) atoms. The lowest BCUT2D eigenvalue weighted by Crippen LogP contribution is -2.23. The molecule has 0 spiro atoms. The number of nitrogens with zero attached hydrogens (tertiary/aromatic N) is 2. The molecule has 0 radical (unpaired) electrons. The molecule has 1 N–H and O–H groups in total. The number of benzene rings is 2. The summed E-state index contributed by atoms with van der Waals surface area (Å²) >= 11 is 0. The number of aromatic nitrogens is 2. The highest BCUT2D eigenvalue weighted by molar-refractivity contribution is 5.94. The average Bonchev–Trinajstić information content (AvgIpc) is 3.09. The summed E-state index contributed by atoms with van der Waals surface area (Å²) in [4.78, 5) is 16.8. The van der Waals surface area contributed by atoms with E-state index in [4.69, 9.17) is 0 Å². The number of halogens is 1. The fraction of sp³-hybridized carbons (Fsp3) is 0.0526. The van der Waals surface area contributed by atoms with Gasteiger partial charge in [-0.3, -0.25) is 4.79 Å². The molecule has 0 saturated carbocycles. The van der Waals surface area contributed by atoms with Gasteiger partial charge in [-0.1, -0.05) is 18.2 Å². The quantitative estimate of drug-likeness (QED) is 0.627. The summed E-state index contributed by atoms with van der Waals surface area (Å²) in [5.74, 6) is -0.755. The third-order valence-electron chi connectivity index (χ3n) is 3.94. The van der Waals surface area contributed by atoms with E-state index in [9.17, 15) is 9.18 Å². The van der Waals surface area contributed by atoms with Crippen molar-refractivity contribution in [3.8, 4) is 0 Å². The van der Waals surface area contributed by atoms with Gasteiger partial charge in [0.15, 0.2) is 0 Å². The zero-order valence-electron chi connectivity index (χ0n) is 12.7. The van der Waals surface area contributed by atoms with Crippen LogP contribution in [0.3, 0.4) is 0 Å². The van der Waals surface area contributed by atoms with Gasteiger partial charge in [0.25, 0.3) is 5.91 Å². The maximum Gasteiger partial charge on any atom is 0.251 e. The molecule has 0 atom stereocenters. The van der Waals surface area contributed by atoms with E-state index in [0.717, 1.165) is 22.2 Å². The van der Waals surface area contributed by atoms with Gasteiger partial charge in [0, 0.05) is 11.8 Å². The largest absolute Gasteiger partial charge is 0.346 e. The smallest absolute Gasteiger partial charge is 0.251 e. The topological polar surface area (TPSA) is 46.4 Å². The van der Waals surface area contributed by atoms with Crippen molar-refractivity contribution in [2.45, 2.75) is 6.54 Å². The second-order valence-electron chi connectivity index (χ2n) is 5.50. The zero-order valence-corrected chi connectivity index (χ0v) is 12.7. The van der Waals surface area contributed by atoms with Crippen LogP contribution in [0.5, 0.6) is 0 Å². The fourth-order valence-electron chi connectivity index (χ4n) is 2.82. The molecule has 4 rings (SSSR count). The summed E-state index contributed by atoms with van der Waals surface area (Å²) < 4.78 is 15.3. The van der Waals surface area contributed by atoms with E-state index < -0.39 is 5.82 Å². The monoisotopic (exact) mass is 319 g/mol. The average molecular weight is 319 g/mol. The van der Waals surface area contributed by atoms with Gasteiger partial charge in [0.1, 0.15) is 5.82 Å². The van der Waals surface area contributed by atoms with Gasteiger partial charge < -0.3 is 9.72 Å². The van der Waals surface area contributed by atoms with Crippen LogP contribution in [0.1, 0.15) is 16.1 Å². The normalized spacial score (nSPS) is 11.0. The highest BCUT2D eigenvalue weighted by Gasteiger charge is 2.10. The lowest BCUT2D eigenvalue weighted by atomic mass is 10.2. The molecule has 2 aromatic carbocycles. The van der Waals surface area contributed by atoms with Crippen LogP contribution >= 0.6 is 0 Å². The molecule has 0 aliphatic carbocycles. The van der Waals surface area contributed by atoms with Crippen molar-refractivity contribution in [3.63, 3.8) is 0 Å². The number of hydrogen-bond donors (Lipinski definition) is 1. The van der Waals surface area contributed by atoms with E-state index in [-0.39, 0.29) is 12.5 Å². The van der Waals surface area contributed by atoms with Crippen LogP contribution in [0.4, 0.5) is 4.39 Å². The Bertz CT molecular complexity index is 1050. The Labute approximate surface area is 137 Å². The van der Waals surface area contributed by atoms with Gasteiger partial charge in [-0.2, -0.15) is 0 Å². The summed E-state index contributed by atoms with van der Waals surface area (Å²) in [6.45, 7) is 0.272. The molecule has 0 saturated heterocycles. The van der Waals surface area contributed by atoms with Crippen LogP contribution in [0.25, 0.3) is 16.6 Å². The van der Waals surface area contributed by atoms with Gasteiger partial charge >= 0.3 is 0 Å². The first-order chi connectivity index (χ1) is 11.7. The molecule has 0 fully saturated rings. The van der Waals surface area contributed by atoms with Gasteiger partial charge in [0.2, 0.25) is 0 Å². The maximum atomic E-state index is 13.2. The molecule has 1 amide bonds. The van der Waals surface area contributed by atoms with Crippen LogP contribution in [0, 0.1) is 5.82 Å². The van der Waals surface area contributed by atoms with Crippen molar-refractivity contribution in [3.05, 3.63) is 83.9 Å². The molecule has 0 aliphatic heterocycles. The number of amides is 1. The van der Waals surface area contributed by atoms with Crippen molar-refractivity contribution in [1.82, 2.24) is 14.7 Å². The van der Waals surface area contributed by atoms with Crippen molar-refractivity contribution >= 4 is 22.5 Å². The van der Waals surface area contributed by atoms with Gasteiger partial charge in [-0.25, -0.2) is 9.37 Å². The molecule has 0 bridgehead atoms. The van der Waals surface area contributed by atoms with E-state index in [2.05, 4.69) is 10.3 Å². The number of nitrogens with one attached hydrogen (secondary N) is 1. The first kappa shape index (κ1) is 14.4. The summed E-state index contributed by atoms with van der Waals surface area (Å²) in [7, 11) is 0. The summed E-state index contributed by atoms with van der Waals surface area (Å²) in [6.07, 6.45) is 1.97. The number of para-hydroxylation sites is 2. The van der Waals surface area contributed by atoms with E-state index >= 15 is 0 Å². The molecular weight excluding hydrogens is 305 g/mol. The minimum absolute atomic E-state index is 0.272. The standard InChI is InChI=1S/C19H14FN3O/c20-14-6-3-5-13(11-14)19(24)21-12-16-18-9-4-10-23(18)17-8-2-1-7-15(17)22-16/h1-11H,12H2,(H,21,24). The van der Waals surface area contributed by atoms with Crippen LogP contribution < -0.4 is 5.32 Å². The molecule has 2 aromatic heterocycles. The Kier molecular flexibility index (Phi) is 3.46. The van der Waals surface area contributed by atoms with Crippen molar-refractivity contribution in [2.75, 3.05) is 0 Å². The summed E-state index contributed by atoms with van der Waals surface area (Å²) in [5, 5.41) is 2.81. The van der Waals surface area contributed by atoms with E-state index in [1.54, 1.807) is 6.07 Å². The van der Waals surface area contributed by atoms with Crippen LogP contribution in [-0.4, -0.2) is 15.3 Å². The molecule has 4 aromatic rings. The maximum absolute atomic E-state index is 13.2. The van der Waals surface area contributed by atoms with Crippen molar-refractivity contribution in [2.24, 2.45) is 0 Å². The molecule has 4 nitrogen and oxygen atoms in total. The lowest BCUT2D eigenvalue weighted by Gasteiger charge is -2.10. The number of hydrogen-bond acceptors (Lipinski definition) is 2. The van der Waals surface area contributed by atoms with Crippen molar-refractivity contribution in [1.29, 1.82) is 0 Å². The lowest BCUT2D eigenvalue weighted by molar-refractivity contribution is 0.0950. The number of rotatable bonds is 3. The zero-order chi connectivity index (χ0) is 16.5. The Morgan fingerprint density at radius 3 is 2.75 bits per heavy atom. The molecule has 0 unspecified atom stereocenters. The van der Waals surface area contributed by atoms with E-state index in [1.807, 2.05) is 47.0 Å². The third kappa shape index (κ3) is 2.50. The highest BCUT2D eigenvalue weighted by Crippen LogP contribution is 2.18. The molecule has 0 aliphatic rings. The predicted octanol–water partition coefficient (Wildman–Crippen LogP) is 3.56. The number of carbonyl (C=O) groups excluding carboxylic acids is 1. The first-order valence-corrected chi connectivity index (χ1v) is 7.61. The second-order valence-corrected chi connectivity index (χ2v) is 5.50. The Morgan fingerprint density at radius 1 is 1.04 bits per heavy atom. The Morgan fingerprint density at radius 2 is 1.88 bits per heavy atom. The first-order valence-electron chi connectivity index (χ1n) is 7.61. The molecule has 5 heteroatoms. The van der Waals surface area contributed by atoms with Gasteiger partial charge in [-0.15, -0.1) is 0 Å². The van der Waals surface area contributed by atoms with Crippen molar-refractivity contribution < 1.29 is 9.18 Å². The third-order valence-corrected chi connectivity index (χ3v) is 3.94. The minimum Gasteiger partial charge on any atom is -0.346 e. The summed E-state index contributed by atoms with van der Waals surface area (Å²) in [6, 6.07) is 17.4. The van der Waals surface area contributed by atoms with Gasteiger partial charge in [0.05, 0.1) is 28.8 Å². The summed E-state index contributed by atoms with van der Waals surface area (Å²) in [5.41, 5.74) is 3.87. The second kappa shape index (κ2) is 5.77. The van der Waals surface area contributed by atoms with Gasteiger partial charge in [-0.05, 0) is 42.5 Å². The van der Waals surface area contributed by atoms with E-state index in [0.29, 0.717) is 5.56 Å². The molecule has 118 valence electrons. The SMILES string of the molecule is O=C(NCc1nc2ccccc2n2cccc12)c1cccc(F)c1. The van der Waals surface area contributed by atoms with Crippen LogP contribution in [0.15, 0.2) is 66.9 Å². The molecule has 2 heterocycles. The fourth-order valence-corrected chi connectivity index (χ4v) is 2.82. The van der Waals surface area contributed by atoms with Crippen LogP contribution in [-0.2, 0) is 6.54 Å². The minimum atomic E-state index is -0.430.